The Balaban J connectivity index is 1.82. The molecule has 3 nitrogen and oxygen atoms in total. The van der Waals surface area contributed by atoms with Gasteiger partial charge < -0.3 is 0 Å². The number of amides is 2. The Morgan fingerprint density at radius 2 is 1.43 bits per heavy atom. The number of benzene rings is 2. The Bertz CT molecular complexity index is 787. The molecule has 2 aromatic rings. The van der Waals surface area contributed by atoms with E-state index >= 15 is 0 Å². The van der Waals surface area contributed by atoms with Gasteiger partial charge in [-0.3, -0.25) is 14.5 Å². The third kappa shape index (κ3) is 2.06. The average molecular weight is 374 g/mol. The summed E-state index contributed by atoms with van der Waals surface area (Å²) < 4.78 is 14.5. The molecule has 4 rings (SSSR count). The summed E-state index contributed by atoms with van der Waals surface area (Å²) in [6.07, 6.45) is -0.776. The molecule has 0 aromatic heterocycles. The number of rotatable bonds is 1. The van der Waals surface area contributed by atoms with Crippen LogP contribution in [0.15, 0.2) is 48.5 Å². The Kier molecular flexibility index (Phi) is 3.34. The minimum absolute atomic E-state index is 0.303. The zero-order valence-electron chi connectivity index (χ0n) is 12.1. The number of halogens is 2. The molecule has 1 unspecified atom stereocenters. The van der Waals surface area contributed by atoms with Gasteiger partial charge in [0.2, 0.25) is 0 Å². The van der Waals surface area contributed by atoms with Gasteiger partial charge >= 0.3 is 0 Å². The van der Waals surface area contributed by atoms with Crippen molar-refractivity contribution in [1.82, 2.24) is 4.90 Å². The Hall–Kier alpha value is -2.01. The highest BCUT2D eigenvalue weighted by molar-refractivity contribution is 9.09. The van der Waals surface area contributed by atoms with Crippen molar-refractivity contribution in [3.63, 3.8) is 0 Å². The largest absolute Gasteiger partial charge is 0.269 e. The first kappa shape index (κ1) is 14.6. The number of alkyl halides is 2. The molecule has 1 aliphatic heterocycles. The van der Waals surface area contributed by atoms with Crippen LogP contribution in [0.25, 0.3) is 0 Å². The lowest BCUT2D eigenvalue weighted by molar-refractivity contribution is 0.0555. The van der Waals surface area contributed by atoms with Crippen molar-refractivity contribution in [1.29, 1.82) is 0 Å². The normalized spacial score (nSPS) is 26.2. The molecule has 1 aliphatic carbocycles. The van der Waals surface area contributed by atoms with Gasteiger partial charge in [0, 0.05) is 0 Å². The van der Waals surface area contributed by atoms with Crippen LogP contribution in [0, 0.1) is 0 Å². The van der Waals surface area contributed by atoms with Crippen LogP contribution >= 0.6 is 15.9 Å². The van der Waals surface area contributed by atoms with Gasteiger partial charge in [0.05, 0.1) is 22.0 Å². The lowest BCUT2D eigenvalue weighted by atomic mass is 9.85. The number of hydrogen-bond acceptors (Lipinski definition) is 2. The van der Waals surface area contributed by atoms with Crippen molar-refractivity contribution in [2.45, 2.75) is 23.5 Å². The van der Waals surface area contributed by atoms with Gasteiger partial charge in [-0.1, -0.05) is 52.3 Å². The maximum absolute atomic E-state index is 14.5. The molecule has 0 spiro atoms. The van der Waals surface area contributed by atoms with Gasteiger partial charge in [0.15, 0.2) is 0 Å². The fourth-order valence-corrected chi connectivity index (χ4v) is 4.09. The van der Waals surface area contributed by atoms with Crippen molar-refractivity contribution in [2.75, 3.05) is 0 Å². The highest BCUT2D eigenvalue weighted by Crippen LogP contribution is 2.46. The first-order valence-corrected chi connectivity index (χ1v) is 8.35. The van der Waals surface area contributed by atoms with E-state index in [1.165, 1.54) is 4.90 Å². The van der Waals surface area contributed by atoms with Gasteiger partial charge in [0.25, 0.3) is 11.8 Å². The summed E-state index contributed by atoms with van der Waals surface area (Å²) >= 11 is 3.36. The zero-order valence-corrected chi connectivity index (χ0v) is 13.7. The first-order valence-electron chi connectivity index (χ1n) is 7.43. The molecule has 23 heavy (non-hydrogen) atoms. The van der Waals surface area contributed by atoms with E-state index in [2.05, 4.69) is 15.9 Å². The maximum atomic E-state index is 14.5. The lowest BCUT2D eigenvalue weighted by Crippen LogP contribution is -2.38. The molecular formula is C18H13BrFNO2. The van der Waals surface area contributed by atoms with Crippen LogP contribution in [0.5, 0.6) is 0 Å². The Morgan fingerprint density at radius 1 is 0.913 bits per heavy atom. The minimum Gasteiger partial charge on any atom is -0.269 e. The Morgan fingerprint density at radius 3 is 2.04 bits per heavy atom. The topological polar surface area (TPSA) is 37.4 Å². The molecule has 0 N–H and O–H groups in total. The quantitative estimate of drug-likeness (QED) is 0.554. The molecular weight excluding hydrogens is 361 g/mol. The molecule has 2 aromatic carbocycles. The standard InChI is InChI=1S/C18H13BrFNO2/c19-14-9-15(10-5-1-2-6-11(10)16(14)20)21-17(22)12-7-3-4-8-13(12)18(21)23/h1-8,14-16H,9H2/t14-,15?,16-/m0/s1. The van der Waals surface area contributed by atoms with Crippen molar-refractivity contribution in [2.24, 2.45) is 0 Å². The summed E-state index contributed by atoms with van der Waals surface area (Å²) in [6, 6.07) is 13.5. The average Bonchev–Trinajstić information content (AvgIpc) is 2.83. The zero-order chi connectivity index (χ0) is 16.1. The van der Waals surface area contributed by atoms with E-state index in [4.69, 9.17) is 0 Å². The van der Waals surface area contributed by atoms with Crippen LogP contribution in [-0.4, -0.2) is 21.5 Å². The minimum atomic E-state index is -1.14. The summed E-state index contributed by atoms with van der Waals surface area (Å²) in [5.41, 5.74) is 2.10. The van der Waals surface area contributed by atoms with Crippen LogP contribution in [0.4, 0.5) is 4.39 Å². The fourth-order valence-electron chi connectivity index (χ4n) is 3.46. The molecule has 0 saturated carbocycles. The summed E-state index contributed by atoms with van der Waals surface area (Å²) in [5, 5.41) is 0. The van der Waals surface area contributed by atoms with Gasteiger partial charge in [-0.2, -0.15) is 0 Å². The van der Waals surface area contributed by atoms with Crippen molar-refractivity contribution >= 4 is 27.7 Å². The molecule has 0 saturated heterocycles. The molecule has 2 aliphatic rings. The maximum Gasteiger partial charge on any atom is 0.262 e. The van der Waals surface area contributed by atoms with Gasteiger partial charge in [0.1, 0.15) is 6.17 Å². The van der Waals surface area contributed by atoms with E-state index in [0.717, 1.165) is 0 Å². The molecule has 3 atom stereocenters. The van der Waals surface area contributed by atoms with Gasteiger partial charge in [-0.15, -0.1) is 0 Å². The van der Waals surface area contributed by atoms with E-state index in [0.29, 0.717) is 28.7 Å². The number of nitrogens with zero attached hydrogens (tertiary/aromatic N) is 1. The lowest BCUT2D eigenvalue weighted by Gasteiger charge is -2.35. The highest BCUT2D eigenvalue weighted by Gasteiger charge is 2.45. The van der Waals surface area contributed by atoms with E-state index in [1.54, 1.807) is 42.5 Å². The third-order valence-electron chi connectivity index (χ3n) is 4.56. The molecule has 5 heteroatoms. The Labute approximate surface area is 141 Å². The number of hydrogen-bond donors (Lipinski definition) is 0. The third-order valence-corrected chi connectivity index (χ3v) is 5.39. The summed E-state index contributed by atoms with van der Waals surface area (Å²) in [4.78, 5) is 26.3. The SMILES string of the molecule is O=C1c2ccccc2C(=O)N1C1C[C@H](Br)[C@@H](F)c2ccccc21. The number of carbonyl (C=O) groups excluding carboxylic acids is 2. The number of imide groups is 1. The predicted octanol–water partition coefficient (Wildman–Crippen LogP) is 4.20. The van der Waals surface area contributed by atoms with Crippen LogP contribution in [0.2, 0.25) is 0 Å². The highest BCUT2D eigenvalue weighted by atomic mass is 79.9. The second-order valence-electron chi connectivity index (χ2n) is 5.82. The fraction of sp³-hybridized carbons (Fsp3) is 0.222. The smallest absolute Gasteiger partial charge is 0.262 e. The van der Waals surface area contributed by atoms with Gasteiger partial charge in [-0.05, 0) is 29.7 Å². The van der Waals surface area contributed by atoms with E-state index in [-0.39, 0.29) is 11.8 Å². The van der Waals surface area contributed by atoms with E-state index < -0.39 is 17.0 Å². The first-order chi connectivity index (χ1) is 11.1. The molecule has 116 valence electrons. The second kappa shape index (κ2) is 5.27. The van der Waals surface area contributed by atoms with Crippen molar-refractivity contribution in [3.8, 4) is 0 Å². The second-order valence-corrected chi connectivity index (χ2v) is 7.00. The molecule has 2 amide bonds. The molecule has 0 fully saturated rings. The molecule has 0 radical (unpaired) electrons. The van der Waals surface area contributed by atoms with Crippen molar-refractivity contribution in [3.05, 3.63) is 70.8 Å². The van der Waals surface area contributed by atoms with Crippen LogP contribution in [0.3, 0.4) is 0 Å². The summed E-state index contributed by atoms with van der Waals surface area (Å²) in [6.45, 7) is 0. The van der Waals surface area contributed by atoms with E-state index in [1.807, 2.05) is 6.07 Å². The number of carbonyl (C=O) groups is 2. The van der Waals surface area contributed by atoms with Crippen LogP contribution in [-0.2, 0) is 0 Å². The predicted molar refractivity (Wildman–Crippen MR) is 87.3 cm³/mol. The van der Waals surface area contributed by atoms with Crippen LogP contribution in [0.1, 0.15) is 50.5 Å². The molecule has 0 bridgehead atoms. The van der Waals surface area contributed by atoms with Crippen LogP contribution < -0.4 is 0 Å². The molecule has 1 heterocycles. The van der Waals surface area contributed by atoms with Gasteiger partial charge in [-0.25, -0.2) is 4.39 Å². The van der Waals surface area contributed by atoms with E-state index in [9.17, 15) is 14.0 Å². The summed E-state index contributed by atoms with van der Waals surface area (Å²) in [5.74, 6) is -0.607. The monoisotopic (exact) mass is 373 g/mol. The number of fused-ring (bicyclic) bond motifs is 2. The summed E-state index contributed by atoms with van der Waals surface area (Å²) in [7, 11) is 0. The van der Waals surface area contributed by atoms with Crippen molar-refractivity contribution < 1.29 is 14.0 Å².